The molecule has 1 atom stereocenters. The lowest BCUT2D eigenvalue weighted by Crippen LogP contribution is -2.34. The van der Waals surface area contributed by atoms with E-state index in [1.165, 1.54) is 12.5 Å². The molecule has 0 aliphatic heterocycles. The Morgan fingerprint density at radius 2 is 2.43 bits per heavy atom. The second-order valence-electron chi connectivity index (χ2n) is 2.55. The highest BCUT2D eigenvalue weighted by molar-refractivity contribution is 6.61. The number of rotatable bonds is 3. The predicted octanol–water partition coefficient (Wildman–Crippen LogP) is 0.182. The van der Waals surface area contributed by atoms with Gasteiger partial charge in [0.15, 0.2) is 0 Å². The first-order valence-electron chi connectivity index (χ1n) is 3.73. The second-order valence-corrected chi connectivity index (χ2v) is 2.85. The number of carbonyl (C=O) groups excluding carboxylic acids is 2. The minimum atomic E-state index is -1.19. The lowest BCUT2D eigenvalue weighted by molar-refractivity contribution is -0.137. The maximum absolute atomic E-state index is 11.0. The lowest BCUT2D eigenvalue weighted by atomic mass is 10.2. The first-order chi connectivity index (χ1) is 6.59. The van der Waals surface area contributed by atoms with E-state index < -0.39 is 17.4 Å². The zero-order chi connectivity index (χ0) is 10.6. The Morgan fingerprint density at radius 1 is 1.71 bits per heavy atom. The van der Waals surface area contributed by atoms with Gasteiger partial charge in [-0.25, -0.2) is 14.6 Å². The number of hydrogen-bond acceptors (Lipinski definition) is 5. The van der Waals surface area contributed by atoms with E-state index in [1.54, 1.807) is 0 Å². The molecular formula is C7H8ClN3O3. The number of nitrogens with two attached hydrogens (primary N) is 1. The van der Waals surface area contributed by atoms with Crippen molar-refractivity contribution in [1.82, 2.24) is 9.97 Å². The molecule has 0 aliphatic carbocycles. The van der Waals surface area contributed by atoms with E-state index in [-0.39, 0.29) is 6.42 Å². The topological polar surface area (TPSA) is 98.1 Å². The molecule has 14 heavy (non-hydrogen) atoms. The first-order valence-corrected chi connectivity index (χ1v) is 4.11. The summed E-state index contributed by atoms with van der Waals surface area (Å²) in [6.07, 6.45) is 3.19. The molecule has 0 spiro atoms. The highest BCUT2D eigenvalue weighted by Gasteiger charge is 2.18. The highest BCUT2D eigenvalue weighted by Crippen LogP contribution is 1.99. The molecule has 3 N–H and O–H groups in total. The second kappa shape index (κ2) is 4.73. The molecule has 0 radical (unpaired) electrons. The highest BCUT2D eigenvalue weighted by atomic mass is 35.5. The fraction of sp³-hybridized carbons (Fsp3) is 0.286. The van der Waals surface area contributed by atoms with Crippen LogP contribution in [0.4, 0.5) is 4.79 Å². The van der Waals surface area contributed by atoms with Crippen molar-refractivity contribution >= 4 is 23.0 Å². The maximum atomic E-state index is 11.0. The van der Waals surface area contributed by atoms with E-state index in [0.717, 1.165) is 0 Å². The largest absolute Gasteiger partial charge is 0.411 e. The van der Waals surface area contributed by atoms with E-state index in [4.69, 9.17) is 17.3 Å². The summed E-state index contributed by atoms with van der Waals surface area (Å²) in [4.78, 5) is 27.7. The molecule has 0 fully saturated rings. The third kappa shape index (κ3) is 3.15. The molecule has 6 nitrogen and oxygen atoms in total. The quantitative estimate of drug-likeness (QED) is 0.428. The smallest absolute Gasteiger partial charge is 0.379 e. The zero-order valence-corrected chi connectivity index (χ0v) is 7.82. The number of esters is 1. The van der Waals surface area contributed by atoms with Crippen LogP contribution < -0.4 is 5.73 Å². The van der Waals surface area contributed by atoms with Crippen LogP contribution in [0.25, 0.3) is 0 Å². The SMILES string of the molecule is N[C@@H](Cc1cnc[nH]1)C(=O)OC(=O)Cl. The number of nitrogens with one attached hydrogen (secondary N) is 1. The molecule has 1 aromatic heterocycles. The Balaban J connectivity index is 2.46. The predicted molar refractivity (Wildman–Crippen MR) is 47.6 cm³/mol. The summed E-state index contributed by atoms with van der Waals surface area (Å²) in [6.45, 7) is 0. The molecule has 0 bridgehead atoms. The molecular weight excluding hydrogens is 210 g/mol. The van der Waals surface area contributed by atoms with Gasteiger partial charge in [-0.15, -0.1) is 0 Å². The van der Waals surface area contributed by atoms with Gasteiger partial charge in [0.25, 0.3) is 0 Å². The van der Waals surface area contributed by atoms with Gasteiger partial charge in [-0.2, -0.15) is 0 Å². The van der Waals surface area contributed by atoms with E-state index in [0.29, 0.717) is 5.69 Å². The van der Waals surface area contributed by atoms with Gasteiger partial charge < -0.3 is 15.5 Å². The van der Waals surface area contributed by atoms with Gasteiger partial charge in [0.1, 0.15) is 6.04 Å². The summed E-state index contributed by atoms with van der Waals surface area (Å²) in [5, 5.41) is 0. The Morgan fingerprint density at radius 3 is 2.93 bits per heavy atom. The zero-order valence-electron chi connectivity index (χ0n) is 7.07. The molecule has 1 aromatic rings. The van der Waals surface area contributed by atoms with Crippen molar-refractivity contribution in [2.45, 2.75) is 12.5 Å². The Labute approximate surface area is 84.4 Å². The summed E-state index contributed by atoms with van der Waals surface area (Å²) >= 11 is 4.84. The van der Waals surface area contributed by atoms with Crippen molar-refractivity contribution in [3.63, 3.8) is 0 Å². The van der Waals surface area contributed by atoms with Crippen LogP contribution in [0.5, 0.6) is 0 Å². The van der Waals surface area contributed by atoms with E-state index >= 15 is 0 Å². The number of imidazole rings is 1. The Hall–Kier alpha value is -1.40. The molecule has 0 aliphatic rings. The summed E-state index contributed by atoms with van der Waals surface area (Å²) in [5.41, 5.74) is 4.92. The van der Waals surface area contributed by atoms with Crippen molar-refractivity contribution in [3.05, 3.63) is 18.2 Å². The van der Waals surface area contributed by atoms with Crippen LogP contribution >= 0.6 is 11.6 Å². The fourth-order valence-corrected chi connectivity index (χ4v) is 0.947. The van der Waals surface area contributed by atoms with Crippen LogP contribution in [-0.2, 0) is 16.0 Å². The van der Waals surface area contributed by atoms with E-state index in [9.17, 15) is 9.59 Å². The number of halogens is 1. The average Bonchev–Trinajstić information content (AvgIpc) is 2.55. The molecule has 7 heteroatoms. The van der Waals surface area contributed by atoms with Crippen molar-refractivity contribution in [1.29, 1.82) is 0 Å². The summed E-state index contributed by atoms with van der Waals surface area (Å²) in [6, 6.07) is -0.932. The number of aromatic nitrogens is 2. The van der Waals surface area contributed by atoms with Gasteiger partial charge in [-0.3, -0.25) is 0 Å². The fourth-order valence-electron chi connectivity index (χ4n) is 0.871. The van der Waals surface area contributed by atoms with Crippen LogP contribution in [0.15, 0.2) is 12.5 Å². The van der Waals surface area contributed by atoms with Gasteiger partial charge in [-0.05, 0) is 0 Å². The monoisotopic (exact) mass is 217 g/mol. The third-order valence-corrected chi connectivity index (χ3v) is 1.56. The van der Waals surface area contributed by atoms with Crippen LogP contribution in [0, 0.1) is 0 Å². The normalized spacial score (nSPS) is 12.1. The number of hydrogen-bond donors (Lipinski definition) is 2. The van der Waals surface area contributed by atoms with Crippen molar-refractivity contribution in [2.75, 3.05) is 0 Å². The molecule has 0 amide bonds. The number of carbonyl (C=O) groups is 2. The van der Waals surface area contributed by atoms with Gasteiger partial charge >= 0.3 is 11.4 Å². The standard InChI is InChI=1S/C7H8ClN3O3/c8-7(13)14-6(12)5(9)1-4-2-10-3-11-4/h2-3,5H,1,9H2,(H,10,11)/t5-/m0/s1. The van der Waals surface area contributed by atoms with Crippen LogP contribution in [0.2, 0.25) is 0 Å². The van der Waals surface area contributed by atoms with Crippen molar-refractivity contribution in [2.24, 2.45) is 5.73 Å². The Bertz CT molecular complexity index is 325. The number of ether oxygens (including phenoxy) is 1. The molecule has 0 unspecified atom stereocenters. The van der Waals surface area contributed by atoms with E-state index in [2.05, 4.69) is 14.7 Å². The van der Waals surface area contributed by atoms with Gasteiger partial charge in [0.2, 0.25) is 0 Å². The van der Waals surface area contributed by atoms with Gasteiger partial charge in [-0.1, -0.05) is 0 Å². The average molecular weight is 218 g/mol. The summed E-state index contributed by atoms with van der Waals surface area (Å²) in [7, 11) is 0. The summed E-state index contributed by atoms with van der Waals surface area (Å²) < 4.78 is 4.09. The molecule has 1 rings (SSSR count). The van der Waals surface area contributed by atoms with Gasteiger partial charge in [0, 0.05) is 29.9 Å². The molecule has 0 aromatic carbocycles. The van der Waals surface area contributed by atoms with Crippen LogP contribution in [0.3, 0.4) is 0 Å². The lowest BCUT2D eigenvalue weighted by Gasteiger charge is -2.06. The molecule has 0 saturated heterocycles. The number of nitrogens with zero attached hydrogens (tertiary/aromatic N) is 1. The first kappa shape index (κ1) is 10.7. The Kier molecular flexibility index (Phi) is 3.61. The number of H-pyrrole nitrogens is 1. The van der Waals surface area contributed by atoms with Crippen molar-refractivity contribution < 1.29 is 14.3 Å². The van der Waals surface area contributed by atoms with Crippen LogP contribution in [-0.4, -0.2) is 27.4 Å². The van der Waals surface area contributed by atoms with E-state index in [1.807, 2.05) is 0 Å². The van der Waals surface area contributed by atoms with Crippen LogP contribution in [0.1, 0.15) is 5.69 Å². The third-order valence-electron chi connectivity index (χ3n) is 1.48. The number of aromatic amines is 1. The minimum absolute atomic E-state index is 0.211. The molecule has 76 valence electrons. The molecule has 1 heterocycles. The van der Waals surface area contributed by atoms with Crippen molar-refractivity contribution in [3.8, 4) is 0 Å². The van der Waals surface area contributed by atoms with Gasteiger partial charge in [0.05, 0.1) is 6.33 Å². The summed E-state index contributed by atoms with van der Waals surface area (Å²) in [5.74, 6) is -0.861. The maximum Gasteiger partial charge on any atom is 0.411 e. The molecule has 0 saturated carbocycles. The minimum Gasteiger partial charge on any atom is -0.379 e.